The van der Waals surface area contributed by atoms with Gasteiger partial charge in [0.2, 0.25) is 0 Å². The molecule has 1 saturated carbocycles. The number of thiophene rings is 1. The van der Waals surface area contributed by atoms with Gasteiger partial charge in [-0.25, -0.2) is 14.2 Å². The van der Waals surface area contributed by atoms with Crippen LogP contribution in [0.15, 0.2) is 14.6 Å². The number of ether oxygens (including phenoxy) is 2. The van der Waals surface area contributed by atoms with Gasteiger partial charge in [-0.15, -0.1) is 11.3 Å². The molecule has 0 aliphatic heterocycles. The van der Waals surface area contributed by atoms with Crippen LogP contribution in [0.5, 0.6) is 0 Å². The Morgan fingerprint density at radius 3 is 2.44 bits per heavy atom. The van der Waals surface area contributed by atoms with Crippen LogP contribution < -0.4 is 16.6 Å². The summed E-state index contributed by atoms with van der Waals surface area (Å²) in [4.78, 5) is 42.9. The van der Waals surface area contributed by atoms with Crippen molar-refractivity contribution >= 4 is 33.9 Å². The maximum absolute atomic E-state index is 13.8. The number of hydrogen-bond donors (Lipinski definition) is 1. The second-order valence-electron chi connectivity index (χ2n) is 9.02. The Hall–Kier alpha value is -2.67. The number of alkyl carbamates (subject to hydrolysis) is 1. The first-order valence-electron chi connectivity index (χ1n) is 10.6. The predicted octanol–water partition coefficient (Wildman–Crippen LogP) is 3.13. The van der Waals surface area contributed by atoms with Gasteiger partial charge in [0.05, 0.1) is 23.4 Å². The third-order valence-electron chi connectivity index (χ3n) is 5.37. The quantitative estimate of drug-likeness (QED) is 0.584. The summed E-state index contributed by atoms with van der Waals surface area (Å²) in [5, 5.41) is 2.50. The van der Waals surface area contributed by atoms with E-state index in [1.165, 1.54) is 13.3 Å². The average Bonchev–Trinajstić information content (AvgIpc) is 3.43. The van der Waals surface area contributed by atoms with Crippen LogP contribution in [0.25, 0.3) is 10.2 Å². The van der Waals surface area contributed by atoms with Gasteiger partial charge >= 0.3 is 18.0 Å². The van der Waals surface area contributed by atoms with E-state index in [-0.39, 0.29) is 42.9 Å². The molecule has 2 aromatic heterocycles. The highest BCUT2D eigenvalue weighted by Gasteiger charge is 2.66. The summed E-state index contributed by atoms with van der Waals surface area (Å²) < 4.78 is 53.1. The van der Waals surface area contributed by atoms with E-state index in [2.05, 4.69) is 10.3 Å². The Bertz CT molecular complexity index is 1230. The van der Waals surface area contributed by atoms with Crippen molar-refractivity contribution in [2.24, 2.45) is 4.99 Å². The molecule has 1 N–H and O–H groups in total. The van der Waals surface area contributed by atoms with Crippen LogP contribution in [0.4, 0.5) is 18.0 Å². The topological polar surface area (TPSA) is 104 Å². The number of carbonyl (C=O) groups excluding carboxylic acids is 1. The van der Waals surface area contributed by atoms with Gasteiger partial charge in [-0.2, -0.15) is 13.2 Å². The molecule has 3 rings (SSSR count). The number of alkyl halides is 3. The van der Waals surface area contributed by atoms with E-state index >= 15 is 0 Å². The van der Waals surface area contributed by atoms with Gasteiger partial charge in [-0.3, -0.25) is 14.4 Å². The van der Waals surface area contributed by atoms with Crippen molar-refractivity contribution in [1.82, 2.24) is 14.5 Å². The van der Waals surface area contributed by atoms with Gasteiger partial charge in [0, 0.05) is 13.3 Å². The molecule has 0 unspecified atom stereocenters. The third-order valence-corrected chi connectivity index (χ3v) is 6.62. The summed E-state index contributed by atoms with van der Waals surface area (Å²) >= 11 is 1.06. The fourth-order valence-corrected chi connectivity index (χ4v) is 4.76. The average molecular weight is 505 g/mol. The first-order chi connectivity index (χ1) is 15.7. The molecule has 0 saturated heterocycles. The van der Waals surface area contributed by atoms with Crippen molar-refractivity contribution < 1.29 is 27.4 Å². The van der Waals surface area contributed by atoms with E-state index in [9.17, 15) is 27.6 Å². The van der Waals surface area contributed by atoms with E-state index in [1.807, 2.05) is 0 Å². The van der Waals surface area contributed by atoms with Crippen molar-refractivity contribution in [3.8, 4) is 0 Å². The molecule has 2 aromatic rings. The van der Waals surface area contributed by atoms with Crippen LogP contribution >= 0.6 is 11.3 Å². The van der Waals surface area contributed by atoms with Gasteiger partial charge < -0.3 is 14.8 Å². The summed E-state index contributed by atoms with van der Waals surface area (Å²) in [5.41, 5.74) is -4.73. The molecule has 1 aliphatic carbocycles. The molecule has 2 heterocycles. The Morgan fingerprint density at radius 1 is 1.26 bits per heavy atom. The Kier molecular flexibility index (Phi) is 7.00. The summed E-state index contributed by atoms with van der Waals surface area (Å²) in [5.74, 6) is 0. The first-order valence-corrected chi connectivity index (χ1v) is 11.4. The highest BCUT2D eigenvalue weighted by molar-refractivity contribution is 7.20. The number of halogens is 3. The molecule has 0 atom stereocenters. The Morgan fingerprint density at radius 2 is 1.91 bits per heavy atom. The summed E-state index contributed by atoms with van der Waals surface area (Å²) in [6, 6.07) is 0. The molecule has 1 aliphatic rings. The number of aryl methyl sites for hydroxylation is 1. The smallest absolute Gasteiger partial charge is 0.412 e. The van der Waals surface area contributed by atoms with E-state index < -0.39 is 34.7 Å². The molecule has 9 nitrogen and oxygen atoms in total. The normalized spacial score (nSPS) is 15.8. The number of hydrogen-bond acceptors (Lipinski definition) is 7. The summed E-state index contributed by atoms with van der Waals surface area (Å²) in [6.45, 7) is 6.69. The number of fused-ring (bicyclic) bond motifs is 1. The van der Waals surface area contributed by atoms with Gasteiger partial charge in [0.25, 0.3) is 5.56 Å². The second kappa shape index (κ2) is 9.17. The number of aromatic nitrogens is 2. The molecule has 0 spiro atoms. The molecule has 0 aromatic carbocycles. The van der Waals surface area contributed by atoms with Crippen LogP contribution in [0.1, 0.15) is 44.1 Å². The number of rotatable bonds is 7. The minimum atomic E-state index is -4.73. The molecule has 34 heavy (non-hydrogen) atoms. The zero-order valence-electron chi connectivity index (χ0n) is 19.5. The predicted molar refractivity (Wildman–Crippen MR) is 122 cm³/mol. The monoisotopic (exact) mass is 504 g/mol. The molecule has 188 valence electrons. The maximum atomic E-state index is 13.8. The minimum Gasteiger partial charge on any atom is -0.444 e. The fourth-order valence-electron chi connectivity index (χ4n) is 3.55. The van der Waals surface area contributed by atoms with Crippen molar-refractivity contribution in [2.75, 3.05) is 20.4 Å². The SMILES string of the molecule is COCCn1c(=O)n(C2(C(F)(F)F)CC2)c(=O)c2c(C)c(C=NCNC(=O)OC(C)(C)C)sc21. The number of nitrogens with zero attached hydrogens (tertiary/aromatic N) is 3. The van der Waals surface area contributed by atoms with Gasteiger partial charge in [-0.1, -0.05) is 0 Å². The van der Waals surface area contributed by atoms with Crippen molar-refractivity contribution in [3.05, 3.63) is 31.3 Å². The molecule has 0 radical (unpaired) electrons. The zero-order valence-corrected chi connectivity index (χ0v) is 20.4. The number of carbonyl (C=O) groups is 1. The van der Waals surface area contributed by atoms with E-state index in [0.29, 0.717) is 15.0 Å². The lowest BCUT2D eigenvalue weighted by Gasteiger charge is -2.22. The van der Waals surface area contributed by atoms with Gasteiger partial charge in [0.15, 0.2) is 0 Å². The lowest BCUT2D eigenvalue weighted by molar-refractivity contribution is -0.181. The fraction of sp³-hybridized carbons (Fsp3) is 0.619. The second-order valence-corrected chi connectivity index (χ2v) is 10.0. The lowest BCUT2D eigenvalue weighted by atomic mass is 10.2. The Labute approximate surface area is 197 Å². The Balaban J connectivity index is 2.04. The number of methoxy groups -OCH3 is 1. The van der Waals surface area contributed by atoms with Crippen LogP contribution in [-0.4, -0.2) is 53.6 Å². The highest BCUT2D eigenvalue weighted by atomic mass is 32.1. The summed E-state index contributed by atoms with van der Waals surface area (Å²) in [7, 11) is 1.41. The summed E-state index contributed by atoms with van der Waals surface area (Å²) in [6.07, 6.45) is -4.63. The standard InChI is InChI=1S/C21H27F3N4O5S/c1-12-13(10-25-11-26-17(30)33-19(2,3)4)34-16-14(12)15(29)28(18(31)27(16)8-9-32-5)20(6-7-20)21(22,23)24/h10H,6-9,11H2,1-5H3,(H,26,30). The van der Waals surface area contributed by atoms with Gasteiger partial charge in [-0.05, 0) is 46.1 Å². The highest BCUT2D eigenvalue weighted by Crippen LogP contribution is 2.54. The number of amides is 1. The zero-order chi connectivity index (χ0) is 25.5. The third kappa shape index (κ3) is 4.90. The first kappa shape index (κ1) is 25.9. The maximum Gasteiger partial charge on any atom is 0.412 e. The molecule has 0 bridgehead atoms. The van der Waals surface area contributed by atoms with Crippen molar-refractivity contribution in [3.63, 3.8) is 0 Å². The van der Waals surface area contributed by atoms with Gasteiger partial charge in [0.1, 0.15) is 22.6 Å². The van der Waals surface area contributed by atoms with Crippen LogP contribution in [0, 0.1) is 6.92 Å². The van der Waals surface area contributed by atoms with E-state index in [0.717, 1.165) is 15.9 Å². The van der Waals surface area contributed by atoms with Crippen molar-refractivity contribution in [2.45, 2.75) is 64.4 Å². The molecular weight excluding hydrogens is 477 g/mol. The molecule has 1 amide bonds. The minimum absolute atomic E-state index is 0.0171. The van der Waals surface area contributed by atoms with Crippen molar-refractivity contribution in [1.29, 1.82) is 0 Å². The lowest BCUT2D eigenvalue weighted by Crippen LogP contribution is -2.51. The number of aliphatic imine (C=N–C) groups is 1. The molecule has 13 heteroatoms. The van der Waals surface area contributed by atoms with Crippen LogP contribution in [0.2, 0.25) is 0 Å². The van der Waals surface area contributed by atoms with E-state index in [1.54, 1.807) is 27.7 Å². The molecular formula is C21H27F3N4O5S. The number of nitrogens with one attached hydrogen (secondary N) is 1. The largest absolute Gasteiger partial charge is 0.444 e. The van der Waals surface area contributed by atoms with Crippen LogP contribution in [-0.2, 0) is 21.6 Å². The van der Waals surface area contributed by atoms with Crippen LogP contribution in [0.3, 0.4) is 0 Å². The molecule has 1 fully saturated rings. The van der Waals surface area contributed by atoms with E-state index in [4.69, 9.17) is 9.47 Å².